The Kier molecular flexibility index (Phi) is 6.97. The Morgan fingerprint density at radius 1 is 1.35 bits per heavy atom. The first kappa shape index (κ1) is 18.7. The van der Waals surface area contributed by atoms with Crippen LogP contribution in [0.3, 0.4) is 0 Å². The Bertz CT molecular complexity index is 498. The third-order valence-electron chi connectivity index (χ3n) is 2.30. The number of nitrogens with zero attached hydrogens (tertiary/aromatic N) is 4. The van der Waals surface area contributed by atoms with Gasteiger partial charge in [0.25, 0.3) is 0 Å². The molecule has 0 saturated heterocycles. The summed E-state index contributed by atoms with van der Waals surface area (Å²) in [6.45, 7) is -1.20. The van der Waals surface area contributed by atoms with Crippen LogP contribution >= 0.6 is 24.8 Å². The summed E-state index contributed by atoms with van der Waals surface area (Å²) in [4.78, 5) is 10.4. The third-order valence-corrected chi connectivity index (χ3v) is 2.30. The highest BCUT2D eigenvalue weighted by atomic mass is 35.5. The van der Waals surface area contributed by atoms with Gasteiger partial charge < -0.3 is 10.7 Å². The standard InChI is InChI=1S/C9H11F3N6.2ClH/c10-9(11,12)3-18-8(16-5-17-18)7(13)1-6-2-14-4-15-6;;/h2,4-5,7H,1,3,13H2,(H,14,15);2*1H/t7-;;/m0../s1. The van der Waals surface area contributed by atoms with Crippen LogP contribution in [0.2, 0.25) is 0 Å². The van der Waals surface area contributed by atoms with Gasteiger partial charge in [-0.25, -0.2) is 14.6 Å². The van der Waals surface area contributed by atoms with E-state index < -0.39 is 18.8 Å². The fourth-order valence-electron chi connectivity index (χ4n) is 1.58. The fraction of sp³-hybridized carbons (Fsp3) is 0.444. The van der Waals surface area contributed by atoms with E-state index in [0.29, 0.717) is 6.42 Å². The highest BCUT2D eigenvalue weighted by molar-refractivity contribution is 5.85. The topological polar surface area (TPSA) is 85.4 Å². The van der Waals surface area contributed by atoms with Crippen LogP contribution in [-0.2, 0) is 13.0 Å². The van der Waals surface area contributed by atoms with Gasteiger partial charge in [0.1, 0.15) is 18.7 Å². The molecule has 0 spiro atoms. The molecule has 0 radical (unpaired) electrons. The van der Waals surface area contributed by atoms with E-state index in [1.165, 1.54) is 6.33 Å². The number of nitrogens with one attached hydrogen (secondary N) is 1. The molecule has 2 heterocycles. The van der Waals surface area contributed by atoms with Crippen LogP contribution in [0.1, 0.15) is 17.6 Å². The minimum Gasteiger partial charge on any atom is -0.348 e. The summed E-state index contributed by atoms with van der Waals surface area (Å²) in [7, 11) is 0. The molecule has 0 aromatic carbocycles. The number of H-pyrrole nitrogens is 1. The van der Waals surface area contributed by atoms with Gasteiger partial charge in [0.2, 0.25) is 0 Å². The van der Waals surface area contributed by atoms with Gasteiger partial charge in [-0.1, -0.05) is 0 Å². The molecule has 0 aliphatic carbocycles. The first-order valence-corrected chi connectivity index (χ1v) is 5.13. The van der Waals surface area contributed by atoms with Gasteiger partial charge in [-0.2, -0.15) is 18.3 Å². The van der Waals surface area contributed by atoms with Crippen molar-refractivity contribution in [3.63, 3.8) is 0 Å². The monoisotopic (exact) mass is 332 g/mol. The molecule has 20 heavy (non-hydrogen) atoms. The van der Waals surface area contributed by atoms with Crippen molar-refractivity contribution in [3.8, 4) is 0 Å². The van der Waals surface area contributed by atoms with E-state index in [0.717, 1.165) is 16.7 Å². The average molecular weight is 333 g/mol. The quantitative estimate of drug-likeness (QED) is 0.891. The molecule has 0 aliphatic rings. The van der Waals surface area contributed by atoms with Gasteiger partial charge in [-0.15, -0.1) is 24.8 Å². The molecular formula is C9H13Cl2F3N6. The van der Waals surface area contributed by atoms with Crippen LogP contribution in [0.15, 0.2) is 18.9 Å². The minimum atomic E-state index is -4.35. The summed E-state index contributed by atoms with van der Waals surface area (Å²) in [5, 5.41) is 3.53. The summed E-state index contributed by atoms with van der Waals surface area (Å²) in [5.41, 5.74) is 6.54. The van der Waals surface area contributed by atoms with Crippen molar-refractivity contribution in [2.45, 2.75) is 25.2 Å². The van der Waals surface area contributed by atoms with Crippen LogP contribution in [0.25, 0.3) is 0 Å². The number of imidazole rings is 1. The summed E-state index contributed by atoms with van der Waals surface area (Å²) in [6, 6.07) is -0.671. The van der Waals surface area contributed by atoms with Crippen LogP contribution < -0.4 is 5.73 Å². The predicted molar refractivity (Wildman–Crippen MR) is 69.8 cm³/mol. The van der Waals surface area contributed by atoms with E-state index in [1.54, 1.807) is 6.20 Å². The second-order valence-corrected chi connectivity index (χ2v) is 3.78. The predicted octanol–water partition coefficient (Wildman–Crippen LogP) is 1.65. The molecule has 0 saturated carbocycles. The zero-order valence-electron chi connectivity index (χ0n) is 10.0. The van der Waals surface area contributed by atoms with Crippen molar-refractivity contribution in [2.75, 3.05) is 0 Å². The van der Waals surface area contributed by atoms with Gasteiger partial charge >= 0.3 is 6.18 Å². The third kappa shape index (κ3) is 4.99. The van der Waals surface area contributed by atoms with Crippen LogP contribution in [0, 0.1) is 0 Å². The van der Waals surface area contributed by atoms with E-state index in [9.17, 15) is 13.2 Å². The Labute approximate surface area is 124 Å². The van der Waals surface area contributed by atoms with E-state index in [-0.39, 0.29) is 30.6 Å². The Morgan fingerprint density at radius 2 is 2.05 bits per heavy atom. The lowest BCUT2D eigenvalue weighted by Crippen LogP contribution is -2.25. The van der Waals surface area contributed by atoms with Crippen LogP contribution in [-0.4, -0.2) is 30.9 Å². The maximum absolute atomic E-state index is 12.3. The van der Waals surface area contributed by atoms with Gasteiger partial charge in [-0.05, 0) is 0 Å². The van der Waals surface area contributed by atoms with E-state index in [1.807, 2.05) is 0 Å². The summed E-state index contributed by atoms with van der Waals surface area (Å²) in [6.07, 6.45) is 0.0629. The van der Waals surface area contributed by atoms with Gasteiger partial charge in [0.05, 0.1) is 12.4 Å². The van der Waals surface area contributed by atoms with E-state index in [4.69, 9.17) is 5.73 Å². The zero-order chi connectivity index (χ0) is 13.2. The first-order chi connectivity index (χ1) is 8.46. The largest absolute Gasteiger partial charge is 0.408 e. The van der Waals surface area contributed by atoms with E-state index in [2.05, 4.69) is 20.1 Å². The van der Waals surface area contributed by atoms with Crippen molar-refractivity contribution in [3.05, 3.63) is 30.4 Å². The summed E-state index contributed by atoms with van der Waals surface area (Å²) < 4.78 is 37.6. The normalized spacial score (nSPS) is 12.4. The van der Waals surface area contributed by atoms with Gasteiger partial charge in [0, 0.05) is 18.3 Å². The SMILES string of the molecule is Cl.Cl.N[C@@H](Cc1cnc[nH]1)c1ncnn1CC(F)(F)F. The van der Waals surface area contributed by atoms with Crippen molar-refractivity contribution < 1.29 is 13.2 Å². The lowest BCUT2D eigenvalue weighted by Gasteiger charge is -2.13. The second kappa shape index (κ2) is 7.46. The van der Waals surface area contributed by atoms with Crippen molar-refractivity contribution in [1.29, 1.82) is 0 Å². The lowest BCUT2D eigenvalue weighted by atomic mass is 10.1. The Balaban J connectivity index is 0.00000180. The second-order valence-electron chi connectivity index (χ2n) is 3.78. The average Bonchev–Trinajstić information content (AvgIpc) is 2.86. The number of alkyl halides is 3. The van der Waals surface area contributed by atoms with Gasteiger partial charge in [-0.3, -0.25) is 0 Å². The molecule has 0 unspecified atom stereocenters. The molecule has 11 heteroatoms. The Hall–Kier alpha value is -1.32. The Morgan fingerprint density at radius 3 is 2.60 bits per heavy atom. The highest BCUT2D eigenvalue weighted by Gasteiger charge is 2.30. The molecule has 0 amide bonds. The van der Waals surface area contributed by atoms with Crippen LogP contribution in [0.5, 0.6) is 0 Å². The number of aromatic nitrogens is 5. The van der Waals surface area contributed by atoms with Crippen molar-refractivity contribution in [2.24, 2.45) is 5.73 Å². The number of halogens is 5. The smallest absolute Gasteiger partial charge is 0.348 e. The number of hydrogen-bond acceptors (Lipinski definition) is 4. The minimum absolute atomic E-state index is 0. The number of aromatic amines is 1. The van der Waals surface area contributed by atoms with E-state index >= 15 is 0 Å². The summed E-state index contributed by atoms with van der Waals surface area (Å²) in [5.74, 6) is 0.0990. The number of hydrogen-bond donors (Lipinski definition) is 2. The molecule has 3 N–H and O–H groups in total. The first-order valence-electron chi connectivity index (χ1n) is 5.13. The molecule has 1 atom stereocenters. The number of rotatable bonds is 4. The molecular weight excluding hydrogens is 320 g/mol. The van der Waals surface area contributed by atoms with Crippen LogP contribution in [0.4, 0.5) is 13.2 Å². The van der Waals surface area contributed by atoms with Crippen molar-refractivity contribution in [1.82, 2.24) is 24.7 Å². The zero-order valence-corrected chi connectivity index (χ0v) is 11.7. The maximum Gasteiger partial charge on any atom is 0.408 e. The molecule has 0 bridgehead atoms. The molecule has 2 rings (SSSR count). The highest BCUT2D eigenvalue weighted by Crippen LogP contribution is 2.19. The lowest BCUT2D eigenvalue weighted by molar-refractivity contribution is -0.143. The molecule has 0 fully saturated rings. The molecule has 0 aliphatic heterocycles. The number of nitrogens with two attached hydrogens (primary N) is 1. The molecule has 6 nitrogen and oxygen atoms in total. The summed E-state index contributed by atoms with van der Waals surface area (Å²) >= 11 is 0. The molecule has 114 valence electrons. The maximum atomic E-state index is 12.3. The fourth-order valence-corrected chi connectivity index (χ4v) is 1.58. The van der Waals surface area contributed by atoms with Crippen molar-refractivity contribution >= 4 is 24.8 Å². The van der Waals surface area contributed by atoms with Gasteiger partial charge in [0.15, 0.2) is 0 Å². The molecule has 2 aromatic heterocycles. The molecule has 2 aromatic rings.